The van der Waals surface area contributed by atoms with Gasteiger partial charge in [-0.2, -0.15) is 0 Å². The maximum Gasteiger partial charge on any atom is 0.125 e. The van der Waals surface area contributed by atoms with Crippen molar-refractivity contribution in [2.24, 2.45) is 5.92 Å². The highest BCUT2D eigenvalue weighted by atomic mass is 16.6. The van der Waals surface area contributed by atoms with Crippen molar-refractivity contribution in [1.82, 2.24) is 0 Å². The van der Waals surface area contributed by atoms with Gasteiger partial charge in [0.25, 0.3) is 0 Å². The van der Waals surface area contributed by atoms with Gasteiger partial charge in [0.2, 0.25) is 0 Å². The van der Waals surface area contributed by atoms with Crippen LogP contribution in [0.25, 0.3) is 0 Å². The van der Waals surface area contributed by atoms with Crippen LogP contribution in [0.3, 0.4) is 0 Å². The zero-order chi connectivity index (χ0) is 4.57. The van der Waals surface area contributed by atoms with Crippen molar-refractivity contribution in [2.45, 2.75) is 13.8 Å². The molecule has 1 aliphatic heterocycles. The summed E-state index contributed by atoms with van der Waals surface area (Å²) in [6.07, 6.45) is 1.26. The second-order valence-corrected chi connectivity index (χ2v) is 1.91. The fourth-order valence-electron chi connectivity index (χ4n) is 0.375. The predicted octanol–water partition coefficient (Wildman–Crippen LogP) is 1.20. The molecule has 1 nitrogen and oxygen atoms in total. The largest absolute Gasteiger partial charge is 0.366 e. The van der Waals surface area contributed by atoms with Crippen LogP contribution >= 0.6 is 0 Å². The minimum Gasteiger partial charge on any atom is -0.366 e. The molecule has 0 atom stereocenters. The number of hydrogen-bond donors (Lipinski definition) is 0. The second-order valence-electron chi connectivity index (χ2n) is 1.91. The molecule has 0 unspecified atom stereocenters. The van der Waals surface area contributed by atoms with Crippen molar-refractivity contribution >= 4 is 0 Å². The van der Waals surface area contributed by atoms with Gasteiger partial charge in [-0.1, -0.05) is 13.8 Å². The van der Waals surface area contributed by atoms with Gasteiger partial charge in [0.1, 0.15) is 6.10 Å². The monoisotopic (exact) mass is 85.1 g/mol. The van der Waals surface area contributed by atoms with Gasteiger partial charge in [0.15, 0.2) is 0 Å². The van der Waals surface area contributed by atoms with E-state index in [4.69, 9.17) is 4.74 Å². The van der Waals surface area contributed by atoms with Gasteiger partial charge >= 0.3 is 0 Å². The summed E-state index contributed by atoms with van der Waals surface area (Å²) in [5.41, 5.74) is 0. The van der Waals surface area contributed by atoms with Crippen molar-refractivity contribution in [1.29, 1.82) is 0 Å². The van der Waals surface area contributed by atoms with Crippen LogP contribution in [0.2, 0.25) is 0 Å². The minimum absolute atomic E-state index is 0.657. The summed E-state index contributed by atoms with van der Waals surface area (Å²) in [5.74, 6) is 0.657. The average molecular weight is 85.1 g/mol. The summed E-state index contributed by atoms with van der Waals surface area (Å²) >= 11 is 0. The van der Waals surface area contributed by atoms with Gasteiger partial charge in [0.05, 0.1) is 6.61 Å². The molecule has 1 heteroatoms. The SMILES string of the molecule is CC(C)[C]1CO1. The summed E-state index contributed by atoms with van der Waals surface area (Å²) in [7, 11) is 0. The van der Waals surface area contributed by atoms with E-state index in [9.17, 15) is 0 Å². The third-order valence-electron chi connectivity index (χ3n) is 0.955. The lowest BCUT2D eigenvalue weighted by Gasteiger charge is -1.89. The van der Waals surface area contributed by atoms with Crippen molar-refractivity contribution < 1.29 is 4.74 Å². The van der Waals surface area contributed by atoms with Crippen molar-refractivity contribution in [3.8, 4) is 0 Å². The van der Waals surface area contributed by atoms with E-state index >= 15 is 0 Å². The molecule has 1 heterocycles. The van der Waals surface area contributed by atoms with Crippen LogP contribution in [0.15, 0.2) is 0 Å². The number of epoxide rings is 1. The van der Waals surface area contributed by atoms with Crippen LogP contribution in [0, 0.1) is 12.0 Å². The Labute approximate surface area is 38.3 Å². The van der Waals surface area contributed by atoms with E-state index in [1.165, 1.54) is 6.10 Å². The molecule has 0 bridgehead atoms. The maximum absolute atomic E-state index is 4.89. The van der Waals surface area contributed by atoms with Crippen LogP contribution in [-0.4, -0.2) is 6.61 Å². The summed E-state index contributed by atoms with van der Waals surface area (Å²) in [6, 6.07) is 0. The van der Waals surface area contributed by atoms with Crippen molar-refractivity contribution in [3.05, 3.63) is 6.10 Å². The lowest BCUT2D eigenvalue weighted by molar-refractivity contribution is 0.427. The Kier molecular flexibility index (Phi) is 0.845. The van der Waals surface area contributed by atoms with Crippen molar-refractivity contribution in [2.75, 3.05) is 6.61 Å². The first-order chi connectivity index (χ1) is 2.80. The van der Waals surface area contributed by atoms with Crippen LogP contribution in [0.4, 0.5) is 0 Å². The summed E-state index contributed by atoms with van der Waals surface area (Å²) in [6.45, 7) is 5.20. The van der Waals surface area contributed by atoms with E-state index in [0.717, 1.165) is 6.61 Å². The molecule has 1 rings (SSSR count). The summed E-state index contributed by atoms with van der Waals surface area (Å²) in [5, 5.41) is 0. The number of rotatable bonds is 1. The van der Waals surface area contributed by atoms with Crippen LogP contribution < -0.4 is 0 Å². The average Bonchev–Trinajstić information content (AvgIpc) is 2.06. The molecule has 35 valence electrons. The summed E-state index contributed by atoms with van der Waals surface area (Å²) < 4.78 is 4.89. The maximum atomic E-state index is 4.89. The Morgan fingerprint density at radius 2 is 2.17 bits per heavy atom. The Balaban J connectivity index is 2.13. The molecule has 0 aliphatic carbocycles. The highest BCUT2D eigenvalue weighted by Crippen LogP contribution is 2.27. The quantitative estimate of drug-likeness (QED) is 0.436. The van der Waals surface area contributed by atoms with E-state index in [-0.39, 0.29) is 0 Å². The van der Waals surface area contributed by atoms with Crippen LogP contribution in [0.5, 0.6) is 0 Å². The lowest BCUT2D eigenvalue weighted by Crippen LogP contribution is -1.85. The fourth-order valence-corrected chi connectivity index (χ4v) is 0.375. The highest BCUT2D eigenvalue weighted by molar-refractivity contribution is 4.93. The molecule has 0 aromatic heterocycles. The van der Waals surface area contributed by atoms with Crippen LogP contribution in [0.1, 0.15) is 13.8 Å². The molecule has 0 aromatic rings. The number of ether oxygens (including phenoxy) is 1. The predicted molar refractivity (Wildman–Crippen MR) is 24.0 cm³/mol. The van der Waals surface area contributed by atoms with Gasteiger partial charge < -0.3 is 4.74 Å². The van der Waals surface area contributed by atoms with E-state index < -0.39 is 0 Å². The zero-order valence-corrected chi connectivity index (χ0v) is 4.19. The number of hydrogen-bond acceptors (Lipinski definition) is 1. The van der Waals surface area contributed by atoms with Crippen LogP contribution in [-0.2, 0) is 4.74 Å². The third kappa shape index (κ3) is 0.716. The minimum atomic E-state index is 0.657. The molecule has 1 saturated heterocycles. The molecule has 6 heavy (non-hydrogen) atoms. The Hall–Kier alpha value is -0.0400. The Morgan fingerprint density at radius 3 is 2.17 bits per heavy atom. The molecular formula is C5H9O. The van der Waals surface area contributed by atoms with Gasteiger partial charge in [-0.25, -0.2) is 0 Å². The first-order valence-corrected chi connectivity index (χ1v) is 2.29. The summed E-state index contributed by atoms with van der Waals surface area (Å²) in [4.78, 5) is 0. The first-order valence-electron chi connectivity index (χ1n) is 2.29. The van der Waals surface area contributed by atoms with E-state index in [1.807, 2.05) is 0 Å². The van der Waals surface area contributed by atoms with Gasteiger partial charge in [-0.05, 0) is 5.92 Å². The second kappa shape index (κ2) is 1.23. The smallest absolute Gasteiger partial charge is 0.125 e. The Morgan fingerprint density at radius 1 is 1.67 bits per heavy atom. The standard InChI is InChI=1S/C5H9O/c1-4(2)5-3-6-5/h4H,3H2,1-2H3. The normalized spacial score (nSPS) is 22.5. The first kappa shape index (κ1) is 4.13. The van der Waals surface area contributed by atoms with Gasteiger partial charge in [-0.3, -0.25) is 0 Å². The molecule has 1 aliphatic rings. The fraction of sp³-hybridized carbons (Fsp3) is 0.800. The molecule has 1 radical (unpaired) electrons. The molecule has 0 aromatic carbocycles. The molecular weight excluding hydrogens is 76.1 g/mol. The zero-order valence-electron chi connectivity index (χ0n) is 4.19. The van der Waals surface area contributed by atoms with Crippen molar-refractivity contribution in [3.63, 3.8) is 0 Å². The highest BCUT2D eigenvalue weighted by Gasteiger charge is 2.27. The molecule has 0 amide bonds. The molecule has 0 spiro atoms. The molecule has 1 fully saturated rings. The lowest BCUT2D eigenvalue weighted by atomic mass is 10.2. The van der Waals surface area contributed by atoms with E-state index in [1.54, 1.807) is 0 Å². The van der Waals surface area contributed by atoms with E-state index in [2.05, 4.69) is 13.8 Å². The van der Waals surface area contributed by atoms with Gasteiger partial charge in [0, 0.05) is 0 Å². The molecule has 0 saturated carbocycles. The Bertz CT molecular complexity index is 45.9. The van der Waals surface area contributed by atoms with Gasteiger partial charge in [-0.15, -0.1) is 0 Å². The third-order valence-corrected chi connectivity index (χ3v) is 0.955. The van der Waals surface area contributed by atoms with E-state index in [0.29, 0.717) is 5.92 Å². The molecule has 0 N–H and O–H groups in total. The topological polar surface area (TPSA) is 12.5 Å².